The van der Waals surface area contributed by atoms with Gasteiger partial charge in [-0.3, -0.25) is 0 Å². The fraction of sp³-hybridized carbons (Fsp3) is 0.200. The number of nitrogens with zero attached hydrogens (tertiary/aromatic N) is 2. The molecule has 0 bridgehead atoms. The standard InChI is InChI=1S/C10H8F3N3S/c1-14-9-8(15-17-16-9)6-2-4-7(5-3-6)10(11,12)13/h2-5H,1H3,(H,14,16). The molecule has 0 fully saturated rings. The van der Waals surface area contributed by atoms with Gasteiger partial charge in [0.25, 0.3) is 0 Å². The average molecular weight is 259 g/mol. The van der Waals surface area contributed by atoms with Crippen molar-refractivity contribution in [1.82, 2.24) is 8.75 Å². The summed E-state index contributed by atoms with van der Waals surface area (Å²) in [5.74, 6) is 0.565. The van der Waals surface area contributed by atoms with E-state index in [0.29, 0.717) is 17.1 Å². The van der Waals surface area contributed by atoms with Crippen LogP contribution in [0.4, 0.5) is 19.0 Å². The number of nitrogens with one attached hydrogen (secondary N) is 1. The average Bonchev–Trinajstić information content (AvgIpc) is 2.76. The van der Waals surface area contributed by atoms with Crippen molar-refractivity contribution in [1.29, 1.82) is 0 Å². The number of halogens is 3. The lowest BCUT2D eigenvalue weighted by atomic mass is 10.1. The van der Waals surface area contributed by atoms with Gasteiger partial charge in [0.2, 0.25) is 0 Å². The first-order valence-corrected chi connectivity index (χ1v) is 5.43. The van der Waals surface area contributed by atoms with E-state index in [4.69, 9.17) is 0 Å². The van der Waals surface area contributed by atoms with E-state index in [1.165, 1.54) is 12.1 Å². The SMILES string of the molecule is CNc1nsnc1-c1ccc(C(F)(F)F)cc1. The van der Waals surface area contributed by atoms with Crippen molar-refractivity contribution in [3.63, 3.8) is 0 Å². The van der Waals surface area contributed by atoms with Crippen LogP contribution in [0.3, 0.4) is 0 Å². The van der Waals surface area contributed by atoms with Crippen molar-refractivity contribution in [3.05, 3.63) is 29.8 Å². The minimum absolute atomic E-state index is 0.561. The maximum Gasteiger partial charge on any atom is 0.416 e. The number of anilines is 1. The summed E-state index contributed by atoms with van der Waals surface area (Å²) < 4.78 is 45.1. The first-order valence-electron chi connectivity index (χ1n) is 4.70. The molecule has 0 spiro atoms. The van der Waals surface area contributed by atoms with Gasteiger partial charge < -0.3 is 5.32 Å². The van der Waals surface area contributed by atoms with E-state index < -0.39 is 11.7 Å². The number of benzene rings is 1. The maximum atomic E-state index is 12.4. The third kappa shape index (κ3) is 2.38. The van der Waals surface area contributed by atoms with E-state index in [2.05, 4.69) is 14.1 Å². The quantitative estimate of drug-likeness (QED) is 0.899. The van der Waals surface area contributed by atoms with Crippen molar-refractivity contribution < 1.29 is 13.2 Å². The summed E-state index contributed by atoms with van der Waals surface area (Å²) in [5.41, 5.74) is 0.498. The lowest BCUT2D eigenvalue weighted by molar-refractivity contribution is -0.137. The van der Waals surface area contributed by atoms with E-state index in [-0.39, 0.29) is 0 Å². The van der Waals surface area contributed by atoms with Crippen molar-refractivity contribution >= 4 is 17.5 Å². The van der Waals surface area contributed by atoms with Crippen LogP contribution in [0.2, 0.25) is 0 Å². The normalized spacial score (nSPS) is 11.5. The summed E-state index contributed by atoms with van der Waals surface area (Å²) in [4.78, 5) is 0. The van der Waals surface area contributed by atoms with Gasteiger partial charge >= 0.3 is 6.18 Å². The smallest absolute Gasteiger partial charge is 0.370 e. The Balaban J connectivity index is 2.36. The molecule has 17 heavy (non-hydrogen) atoms. The molecule has 0 saturated heterocycles. The van der Waals surface area contributed by atoms with Gasteiger partial charge in [-0.15, -0.1) is 0 Å². The molecule has 0 unspecified atom stereocenters. The third-order valence-electron chi connectivity index (χ3n) is 2.21. The van der Waals surface area contributed by atoms with Crippen LogP contribution in [-0.2, 0) is 6.18 Å². The zero-order valence-corrected chi connectivity index (χ0v) is 9.56. The van der Waals surface area contributed by atoms with Crippen LogP contribution in [0.25, 0.3) is 11.3 Å². The molecule has 1 heterocycles. The summed E-state index contributed by atoms with van der Waals surface area (Å²) in [5, 5.41) is 2.83. The second-order valence-corrected chi connectivity index (χ2v) is 3.81. The Bertz CT molecular complexity index is 504. The van der Waals surface area contributed by atoms with E-state index in [0.717, 1.165) is 23.9 Å². The van der Waals surface area contributed by atoms with Crippen molar-refractivity contribution in [2.75, 3.05) is 12.4 Å². The van der Waals surface area contributed by atoms with Gasteiger partial charge in [-0.05, 0) is 12.1 Å². The minimum atomic E-state index is -4.31. The predicted molar refractivity (Wildman–Crippen MR) is 59.9 cm³/mol. The lowest BCUT2D eigenvalue weighted by Gasteiger charge is -2.07. The Morgan fingerprint density at radius 3 is 2.29 bits per heavy atom. The molecule has 0 aliphatic rings. The Kier molecular flexibility index (Phi) is 3.01. The molecule has 0 amide bonds. The van der Waals surface area contributed by atoms with Crippen LogP contribution in [-0.4, -0.2) is 15.8 Å². The molecular formula is C10H8F3N3S. The summed E-state index contributed by atoms with van der Waals surface area (Å²) in [6, 6.07) is 4.85. The van der Waals surface area contributed by atoms with E-state index in [9.17, 15) is 13.2 Å². The predicted octanol–water partition coefficient (Wildman–Crippen LogP) is 3.27. The fourth-order valence-electron chi connectivity index (χ4n) is 1.36. The largest absolute Gasteiger partial charge is 0.416 e. The highest BCUT2D eigenvalue weighted by atomic mass is 32.1. The summed E-state index contributed by atoms with van der Waals surface area (Å²) in [6.07, 6.45) is -4.31. The van der Waals surface area contributed by atoms with Crippen LogP contribution in [0, 0.1) is 0 Å². The Labute approximate surface area is 99.6 Å². The zero-order valence-electron chi connectivity index (χ0n) is 8.75. The van der Waals surface area contributed by atoms with Crippen LogP contribution in [0.15, 0.2) is 24.3 Å². The molecule has 2 aromatic rings. The van der Waals surface area contributed by atoms with Gasteiger partial charge in [-0.2, -0.15) is 21.9 Å². The Morgan fingerprint density at radius 2 is 1.76 bits per heavy atom. The molecule has 0 aliphatic heterocycles. The Hall–Kier alpha value is -1.63. The van der Waals surface area contributed by atoms with Gasteiger partial charge in [-0.25, -0.2) is 0 Å². The highest BCUT2D eigenvalue weighted by molar-refractivity contribution is 6.99. The Morgan fingerprint density at radius 1 is 1.12 bits per heavy atom. The summed E-state index contributed by atoms with van der Waals surface area (Å²) in [6.45, 7) is 0. The molecule has 0 aliphatic carbocycles. The molecule has 3 nitrogen and oxygen atoms in total. The van der Waals surface area contributed by atoms with E-state index >= 15 is 0 Å². The maximum absolute atomic E-state index is 12.4. The monoisotopic (exact) mass is 259 g/mol. The number of hydrogen-bond donors (Lipinski definition) is 1. The minimum Gasteiger partial charge on any atom is -0.370 e. The second-order valence-electron chi connectivity index (χ2n) is 3.29. The van der Waals surface area contributed by atoms with Gasteiger partial charge in [0.05, 0.1) is 17.3 Å². The number of alkyl halides is 3. The van der Waals surface area contributed by atoms with Crippen LogP contribution >= 0.6 is 11.7 Å². The second kappa shape index (κ2) is 4.33. The van der Waals surface area contributed by atoms with Gasteiger partial charge in [-0.1, -0.05) is 12.1 Å². The van der Waals surface area contributed by atoms with Crippen LogP contribution < -0.4 is 5.32 Å². The number of aromatic nitrogens is 2. The first kappa shape index (κ1) is 11.8. The molecule has 90 valence electrons. The molecule has 1 N–H and O–H groups in total. The van der Waals surface area contributed by atoms with Crippen molar-refractivity contribution in [2.45, 2.75) is 6.18 Å². The molecule has 0 radical (unpaired) electrons. The van der Waals surface area contributed by atoms with Crippen molar-refractivity contribution in [2.24, 2.45) is 0 Å². The van der Waals surface area contributed by atoms with Gasteiger partial charge in [0.15, 0.2) is 5.82 Å². The molecular weight excluding hydrogens is 251 g/mol. The van der Waals surface area contributed by atoms with E-state index in [1.54, 1.807) is 7.05 Å². The fourth-order valence-corrected chi connectivity index (χ4v) is 1.93. The number of hydrogen-bond acceptors (Lipinski definition) is 4. The van der Waals surface area contributed by atoms with Crippen LogP contribution in [0.1, 0.15) is 5.56 Å². The number of rotatable bonds is 2. The lowest BCUT2D eigenvalue weighted by Crippen LogP contribution is -2.04. The summed E-state index contributed by atoms with van der Waals surface area (Å²) >= 11 is 1.01. The molecule has 2 rings (SSSR count). The molecule has 0 saturated carbocycles. The highest BCUT2D eigenvalue weighted by Gasteiger charge is 2.30. The molecule has 1 aromatic heterocycles. The third-order valence-corrected chi connectivity index (χ3v) is 2.74. The van der Waals surface area contributed by atoms with Gasteiger partial charge in [0.1, 0.15) is 5.69 Å². The van der Waals surface area contributed by atoms with Crippen molar-refractivity contribution in [3.8, 4) is 11.3 Å². The topological polar surface area (TPSA) is 37.8 Å². The molecule has 7 heteroatoms. The zero-order chi connectivity index (χ0) is 12.5. The molecule has 1 aromatic carbocycles. The molecule has 0 atom stereocenters. The van der Waals surface area contributed by atoms with E-state index in [1.807, 2.05) is 0 Å². The summed E-state index contributed by atoms with van der Waals surface area (Å²) in [7, 11) is 1.68. The highest BCUT2D eigenvalue weighted by Crippen LogP contribution is 2.32. The van der Waals surface area contributed by atoms with Crippen LogP contribution in [0.5, 0.6) is 0 Å². The van der Waals surface area contributed by atoms with Gasteiger partial charge in [0, 0.05) is 12.6 Å². The first-order chi connectivity index (χ1) is 8.02.